The van der Waals surface area contributed by atoms with Gasteiger partial charge in [0.05, 0.1) is 19.3 Å². The van der Waals surface area contributed by atoms with Crippen molar-refractivity contribution in [3.8, 4) is 5.75 Å². The van der Waals surface area contributed by atoms with Crippen LogP contribution in [0.5, 0.6) is 5.75 Å². The molecule has 1 fully saturated rings. The van der Waals surface area contributed by atoms with Crippen molar-refractivity contribution in [2.24, 2.45) is 10.9 Å². The predicted molar refractivity (Wildman–Crippen MR) is 113 cm³/mol. The van der Waals surface area contributed by atoms with E-state index < -0.39 is 6.10 Å². The third-order valence-corrected chi connectivity index (χ3v) is 4.79. The van der Waals surface area contributed by atoms with Crippen molar-refractivity contribution < 1.29 is 9.84 Å². The van der Waals surface area contributed by atoms with Crippen LogP contribution < -0.4 is 15.4 Å². The van der Waals surface area contributed by atoms with E-state index in [2.05, 4.69) is 21.7 Å². The summed E-state index contributed by atoms with van der Waals surface area (Å²) in [5.41, 5.74) is 2.03. The van der Waals surface area contributed by atoms with Crippen LogP contribution in [0.25, 0.3) is 0 Å². The molecule has 3 N–H and O–H groups in total. The van der Waals surface area contributed by atoms with E-state index in [9.17, 15) is 5.11 Å². The maximum Gasteiger partial charge on any atom is 0.191 e. The molecule has 0 radical (unpaired) electrons. The first-order valence-electron chi connectivity index (χ1n) is 10.2. The Morgan fingerprint density at radius 3 is 2.61 bits per heavy atom. The second-order valence-corrected chi connectivity index (χ2v) is 7.20. The van der Waals surface area contributed by atoms with Crippen molar-refractivity contribution in [3.05, 3.63) is 65.7 Å². The van der Waals surface area contributed by atoms with Gasteiger partial charge in [-0.1, -0.05) is 48.5 Å². The molecule has 0 spiro atoms. The average Bonchev–Trinajstić information content (AvgIpc) is 3.56. The molecule has 1 aliphatic carbocycles. The smallest absolute Gasteiger partial charge is 0.191 e. The van der Waals surface area contributed by atoms with E-state index in [1.54, 1.807) is 0 Å². The van der Waals surface area contributed by atoms with Crippen molar-refractivity contribution in [2.45, 2.75) is 38.8 Å². The Balaban J connectivity index is 1.52. The van der Waals surface area contributed by atoms with Crippen molar-refractivity contribution in [1.29, 1.82) is 0 Å². The van der Waals surface area contributed by atoms with Gasteiger partial charge in [-0.2, -0.15) is 0 Å². The Bertz CT molecular complexity index is 745. The SMILES string of the molecule is CCNC(=NCc1ccccc1OCC1CC1)NCCC(O)c1ccccc1. The Hall–Kier alpha value is -2.53. The third kappa shape index (κ3) is 6.57. The average molecular weight is 382 g/mol. The maximum atomic E-state index is 10.3. The summed E-state index contributed by atoms with van der Waals surface area (Å²) in [4.78, 5) is 4.69. The Kier molecular flexibility index (Phi) is 7.73. The quantitative estimate of drug-likeness (QED) is 0.434. The molecule has 1 unspecified atom stereocenters. The first kappa shape index (κ1) is 20.2. The van der Waals surface area contributed by atoms with Gasteiger partial charge in [0.25, 0.3) is 0 Å². The molecule has 150 valence electrons. The normalized spacial score (nSPS) is 15.1. The Morgan fingerprint density at radius 2 is 1.86 bits per heavy atom. The lowest BCUT2D eigenvalue weighted by Gasteiger charge is -2.15. The number of rotatable bonds is 10. The zero-order chi connectivity index (χ0) is 19.6. The lowest BCUT2D eigenvalue weighted by molar-refractivity contribution is 0.168. The predicted octanol–water partition coefficient (Wildman–Crippen LogP) is 3.65. The van der Waals surface area contributed by atoms with Crippen molar-refractivity contribution in [2.75, 3.05) is 19.7 Å². The first-order valence-corrected chi connectivity index (χ1v) is 10.2. The number of aliphatic hydroxyl groups excluding tert-OH is 1. The van der Waals surface area contributed by atoms with Gasteiger partial charge in [-0.3, -0.25) is 0 Å². The number of aliphatic imine (C=N–C) groups is 1. The van der Waals surface area contributed by atoms with Crippen molar-refractivity contribution in [1.82, 2.24) is 10.6 Å². The third-order valence-electron chi connectivity index (χ3n) is 4.79. The van der Waals surface area contributed by atoms with Crippen LogP contribution in [-0.2, 0) is 6.54 Å². The van der Waals surface area contributed by atoms with E-state index >= 15 is 0 Å². The molecular weight excluding hydrogens is 350 g/mol. The van der Waals surface area contributed by atoms with Crippen LogP contribution in [0, 0.1) is 5.92 Å². The molecule has 0 saturated heterocycles. The van der Waals surface area contributed by atoms with Gasteiger partial charge in [-0.15, -0.1) is 0 Å². The minimum atomic E-state index is -0.479. The highest BCUT2D eigenvalue weighted by atomic mass is 16.5. The Labute approximate surface area is 167 Å². The van der Waals surface area contributed by atoms with E-state index in [1.807, 2.05) is 55.5 Å². The van der Waals surface area contributed by atoms with Crippen LogP contribution in [0.1, 0.15) is 43.4 Å². The van der Waals surface area contributed by atoms with Gasteiger partial charge < -0.3 is 20.5 Å². The van der Waals surface area contributed by atoms with Gasteiger partial charge in [0.1, 0.15) is 5.75 Å². The molecule has 5 heteroatoms. The first-order chi connectivity index (χ1) is 13.8. The molecule has 0 heterocycles. The minimum absolute atomic E-state index is 0.479. The van der Waals surface area contributed by atoms with Gasteiger partial charge in [0.15, 0.2) is 5.96 Å². The second-order valence-electron chi connectivity index (χ2n) is 7.20. The summed E-state index contributed by atoms with van der Waals surface area (Å²) in [5.74, 6) is 2.40. The summed E-state index contributed by atoms with van der Waals surface area (Å²) in [7, 11) is 0. The lowest BCUT2D eigenvalue weighted by Crippen LogP contribution is -2.38. The van der Waals surface area contributed by atoms with Gasteiger partial charge in [-0.25, -0.2) is 4.99 Å². The summed E-state index contributed by atoms with van der Waals surface area (Å²) in [6, 6.07) is 17.8. The number of nitrogens with zero attached hydrogens (tertiary/aromatic N) is 1. The molecular formula is C23H31N3O2. The number of nitrogens with one attached hydrogen (secondary N) is 2. The maximum absolute atomic E-state index is 10.3. The number of benzene rings is 2. The topological polar surface area (TPSA) is 65.9 Å². The molecule has 1 aliphatic rings. The number of guanidine groups is 1. The molecule has 0 aliphatic heterocycles. The van der Waals surface area contributed by atoms with E-state index in [1.165, 1.54) is 12.8 Å². The zero-order valence-corrected chi connectivity index (χ0v) is 16.6. The molecule has 28 heavy (non-hydrogen) atoms. The fourth-order valence-electron chi connectivity index (χ4n) is 2.94. The van der Waals surface area contributed by atoms with Gasteiger partial charge in [0.2, 0.25) is 0 Å². The standard InChI is InChI=1S/C23H31N3O2/c1-2-24-23(25-15-14-21(27)19-8-4-3-5-9-19)26-16-20-10-6-7-11-22(20)28-17-18-12-13-18/h3-11,18,21,27H,2,12-17H2,1H3,(H2,24,25,26). The fraction of sp³-hybridized carbons (Fsp3) is 0.435. The van der Waals surface area contributed by atoms with Crippen LogP contribution >= 0.6 is 0 Å². The summed E-state index contributed by atoms with van der Waals surface area (Å²) in [6.07, 6.45) is 2.70. The number of hydrogen-bond donors (Lipinski definition) is 3. The van der Waals surface area contributed by atoms with E-state index in [0.717, 1.165) is 41.9 Å². The van der Waals surface area contributed by atoms with Crippen molar-refractivity contribution >= 4 is 5.96 Å². The number of hydrogen-bond acceptors (Lipinski definition) is 3. The molecule has 1 saturated carbocycles. The molecule has 2 aromatic carbocycles. The molecule has 1 atom stereocenters. The highest BCUT2D eigenvalue weighted by Crippen LogP contribution is 2.30. The highest BCUT2D eigenvalue weighted by molar-refractivity contribution is 5.79. The van der Waals surface area contributed by atoms with E-state index in [4.69, 9.17) is 4.74 Å². The minimum Gasteiger partial charge on any atom is -0.493 e. The molecule has 0 bridgehead atoms. The molecule has 5 nitrogen and oxygen atoms in total. The zero-order valence-electron chi connectivity index (χ0n) is 16.6. The van der Waals surface area contributed by atoms with E-state index in [-0.39, 0.29) is 0 Å². The molecule has 3 rings (SSSR count). The molecule has 0 aromatic heterocycles. The lowest BCUT2D eigenvalue weighted by atomic mass is 10.1. The largest absolute Gasteiger partial charge is 0.493 e. The highest BCUT2D eigenvalue weighted by Gasteiger charge is 2.22. The number of para-hydroxylation sites is 1. The van der Waals surface area contributed by atoms with Crippen LogP contribution in [0.3, 0.4) is 0 Å². The van der Waals surface area contributed by atoms with E-state index in [0.29, 0.717) is 19.5 Å². The van der Waals surface area contributed by atoms with Gasteiger partial charge in [-0.05, 0) is 43.7 Å². The summed E-state index contributed by atoms with van der Waals surface area (Å²) < 4.78 is 5.97. The van der Waals surface area contributed by atoms with Gasteiger partial charge in [0, 0.05) is 18.7 Å². The summed E-state index contributed by atoms with van der Waals surface area (Å²) in [6.45, 7) is 4.82. The molecule has 2 aromatic rings. The summed E-state index contributed by atoms with van der Waals surface area (Å²) >= 11 is 0. The van der Waals surface area contributed by atoms with Crippen LogP contribution in [0.4, 0.5) is 0 Å². The van der Waals surface area contributed by atoms with Crippen LogP contribution in [0.15, 0.2) is 59.6 Å². The fourth-order valence-corrected chi connectivity index (χ4v) is 2.94. The Morgan fingerprint density at radius 1 is 1.11 bits per heavy atom. The number of ether oxygens (including phenoxy) is 1. The summed E-state index contributed by atoms with van der Waals surface area (Å²) in [5, 5.41) is 16.9. The monoisotopic (exact) mass is 381 g/mol. The van der Waals surface area contributed by atoms with Gasteiger partial charge >= 0.3 is 0 Å². The molecule has 0 amide bonds. The number of aliphatic hydroxyl groups is 1. The second kappa shape index (κ2) is 10.7. The van der Waals surface area contributed by atoms with Crippen LogP contribution in [-0.4, -0.2) is 30.8 Å². The van der Waals surface area contributed by atoms with Crippen LogP contribution in [0.2, 0.25) is 0 Å². The van der Waals surface area contributed by atoms with Crippen molar-refractivity contribution in [3.63, 3.8) is 0 Å².